The van der Waals surface area contributed by atoms with Crippen LogP contribution in [-0.2, 0) is 0 Å². The van der Waals surface area contributed by atoms with Gasteiger partial charge in [0.25, 0.3) is 0 Å². The summed E-state index contributed by atoms with van der Waals surface area (Å²) >= 11 is 0. The first-order chi connectivity index (χ1) is 40.6. The number of pyridine rings is 2. The first-order valence-electron chi connectivity index (χ1n) is 27.5. The first kappa shape index (κ1) is 47.9. The Labute approximate surface area is 475 Å². The Hall–Kier alpha value is -11.2. The van der Waals surface area contributed by atoms with Crippen molar-refractivity contribution in [2.45, 2.75) is 0 Å². The molecule has 0 fully saturated rings. The van der Waals surface area contributed by atoms with Crippen LogP contribution in [0, 0.1) is 0 Å². The fraction of sp³-hybridized carbons (Fsp3) is 0. The summed E-state index contributed by atoms with van der Waals surface area (Å²) in [6.45, 7) is 0. The summed E-state index contributed by atoms with van der Waals surface area (Å²) in [5, 5.41) is 12.0. The number of benzene rings is 11. The summed E-state index contributed by atoms with van der Waals surface area (Å²) in [5.74, 6) is 2.77. The van der Waals surface area contributed by atoms with E-state index in [1.165, 1.54) is 0 Å². The van der Waals surface area contributed by atoms with E-state index in [0.29, 0.717) is 11.6 Å². The van der Waals surface area contributed by atoms with Gasteiger partial charge in [-0.05, 0) is 142 Å². The molecule has 386 valence electrons. The van der Waals surface area contributed by atoms with Gasteiger partial charge in [0.1, 0.15) is 11.7 Å². The molecule has 0 saturated heterocycles. The smallest absolute Gasteiger partial charge is 0.154 e. The van der Waals surface area contributed by atoms with E-state index in [1.54, 1.807) is 0 Å². The van der Waals surface area contributed by atoms with E-state index >= 15 is 0 Å². The van der Waals surface area contributed by atoms with Crippen LogP contribution in [0.1, 0.15) is 11.1 Å². The molecule has 8 nitrogen and oxygen atoms in total. The Balaban J connectivity index is 0.733. The fourth-order valence-corrected chi connectivity index (χ4v) is 11.6. The van der Waals surface area contributed by atoms with E-state index < -0.39 is 0 Å². The lowest BCUT2D eigenvalue weighted by Gasteiger charge is -2.25. The van der Waals surface area contributed by atoms with E-state index in [9.17, 15) is 0 Å². The SMILES string of the molecule is c1ccc(N(c2ccccc2)c2ccc(-c3cccc(N=C4Nc5cccc6ccc(-c7ccc(-c8ccc9cccc%10c9c8C(=Nc8cccc(-c9ccc(N(c%11ccccc%11)c%11ccccc%11)cc9)n8)N%10)cc7)c4c56)n3)cc2)cc1. The molecule has 0 aliphatic carbocycles. The Morgan fingerprint density at radius 3 is 0.963 bits per heavy atom. The third kappa shape index (κ3) is 8.87. The number of aliphatic imine (C=N–C) groups is 2. The Kier molecular flexibility index (Phi) is 12.0. The van der Waals surface area contributed by atoms with E-state index in [4.69, 9.17) is 20.0 Å². The summed E-state index contributed by atoms with van der Waals surface area (Å²) in [6, 6.07) is 102. The molecule has 0 radical (unpaired) electrons. The number of amidine groups is 2. The largest absolute Gasteiger partial charge is 0.339 e. The van der Waals surface area contributed by atoms with Crippen LogP contribution in [0.25, 0.3) is 66.3 Å². The van der Waals surface area contributed by atoms with Gasteiger partial charge >= 0.3 is 0 Å². The van der Waals surface area contributed by atoms with Crippen molar-refractivity contribution in [1.82, 2.24) is 9.97 Å². The van der Waals surface area contributed by atoms with Crippen molar-refractivity contribution in [3.05, 3.63) is 302 Å². The normalized spacial score (nSPS) is 13.1. The quantitative estimate of drug-likeness (QED) is 0.127. The van der Waals surface area contributed by atoms with Gasteiger partial charge in [0.15, 0.2) is 11.6 Å². The van der Waals surface area contributed by atoms with E-state index in [1.807, 2.05) is 60.7 Å². The number of aromatic nitrogens is 2. The molecule has 2 N–H and O–H groups in total. The maximum Gasteiger partial charge on any atom is 0.154 e. The van der Waals surface area contributed by atoms with Gasteiger partial charge in [0.2, 0.25) is 0 Å². The zero-order valence-electron chi connectivity index (χ0n) is 44.4. The minimum atomic E-state index is 0.621. The molecule has 0 atom stereocenters. The van der Waals surface area contributed by atoms with Crippen molar-refractivity contribution in [1.29, 1.82) is 0 Å². The zero-order valence-corrected chi connectivity index (χ0v) is 44.4. The van der Waals surface area contributed by atoms with E-state index in [-0.39, 0.29) is 0 Å². The number of anilines is 8. The summed E-state index contributed by atoms with van der Waals surface area (Å²) in [6.07, 6.45) is 0. The predicted octanol–water partition coefficient (Wildman–Crippen LogP) is 19.4. The van der Waals surface area contributed by atoms with Crippen molar-refractivity contribution >= 4 is 90.4 Å². The number of hydrogen-bond acceptors (Lipinski definition) is 6. The second-order valence-corrected chi connectivity index (χ2v) is 20.4. The maximum atomic E-state index is 5.27. The molecule has 13 aromatic rings. The average Bonchev–Trinajstić information content (AvgIpc) is 4.08. The number of rotatable bonds is 12. The van der Waals surface area contributed by atoms with Gasteiger partial charge < -0.3 is 20.4 Å². The molecule has 15 rings (SSSR count). The number of hydrogen-bond donors (Lipinski definition) is 2. The molecule has 2 aromatic heterocycles. The molecular weight excluding hydrogens is 1000 g/mol. The fourth-order valence-electron chi connectivity index (χ4n) is 11.6. The van der Waals surface area contributed by atoms with Gasteiger partial charge in [-0.3, -0.25) is 0 Å². The van der Waals surface area contributed by atoms with Crippen LogP contribution in [0.5, 0.6) is 0 Å². The lowest BCUT2D eigenvalue weighted by Crippen LogP contribution is -2.09. The standard InChI is InChI=1S/C74H50N8/c1-5-19-55(20-6-1)81(56-21-7-2-8-22-56)59-43-37-51(38-44-59)63-27-15-31-67(75-63)79-73-71-61(47-41-53-17-13-29-65(77-73)69(53)71)49-33-35-50(36-34-49)62-48-42-54-18-14-30-66-70(54)72(62)74(78-66)80-68-32-16-28-64(76-68)52-39-45-60(46-40-52)82(57-23-9-3-10-24-57)58-25-11-4-12-26-58/h1-48H,(H,75,77,79)(H,76,78,80). The average molecular weight is 1050 g/mol. The summed E-state index contributed by atoms with van der Waals surface area (Å²) in [7, 11) is 0. The molecule has 82 heavy (non-hydrogen) atoms. The Morgan fingerprint density at radius 1 is 0.268 bits per heavy atom. The highest BCUT2D eigenvalue weighted by molar-refractivity contribution is 6.30. The van der Waals surface area contributed by atoms with Crippen LogP contribution in [0.3, 0.4) is 0 Å². The van der Waals surface area contributed by atoms with Gasteiger partial charge in [-0.2, -0.15) is 0 Å². The van der Waals surface area contributed by atoms with Gasteiger partial charge in [-0.15, -0.1) is 0 Å². The van der Waals surface area contributed by atoms with Gasteiger partial charge in [0.05, 0.1) is 11.4 Å². The van der Waals surface area contributed by atoms with Gasteiger partial charge in [0, 0.05) is 78.5 Å². The minimum absolute atomic E-state index is 0.621. The highest BCUT2D eigenvalue weighted by Crippen LogP contribution is 2.44. The molecule has 11 aromatic carbocycles. The Morgan fingerprint density at radius 2 is 0.598 bits per heavy atom. The van der Waals surface area contributed by atoms with Crippen molar-refractivity contribution in [3.63, 3.8) is 0 Å². The third-order valence-corrected chi connectivity index (χ3v) is 15.4. The van der Waals surface area contributed by atoms with Crippen LogP contribution >= 0.6 is 0 Å². The molecule has 0 unspecified atom stereocenters. The van der Waals surface area contributed by atoms with Crippen LogP contribution in [-0.4, -0.2) is 21.6 Å². The van der Waals surface area contributed by atoms with Crippen LogP contribution in [0.15, 0.2) is 301 Å². The van der Waals surface area contributed by atoms with Crippen LogP contribution in [0.4, 0.5) is 57.1 Å². The number of para-hydroxylation sites is 4. The molecule has 0 bridgehead atoms. The highest BCUT2D eigenvalue weighted by Gasteiger charge is 2.27. The molecule has 8 heteroatoms. The molecule has 4 heterocycles. The molecule has 2 aliphatic rings. The predicted molar refractivity (Wildman–Crippen MR) is 341 cm³/mol. The monoisotopic (exact) mass is 1050 g/mol. The number of nitrogens with zero attached hydrogens (tertiary/aromatic N) is 6. The summed E-state index contributed by atoms with van der Waals surface area (Å²) in [4.78, 5) is 25.3. The maximum absolute atomic E-state index is 5.27. The molecule has 0 amide bonds. The van der Waals surface area contributed by atoms with Crippen molar-refractivity contribution in [2.75, 3.05) is 20.4 Å². The molecule has 2 aliphatic heterocycles. The number of nitrogens with one attached hydrogen (secondary N) is 2. The van der Waals surface area contributed by atoms with Gasteiger partial charge in [-0.1, -0.05) is 182 Å². The summed E-state index contributed by atoms with van der Waals surface area (Å²) < 4.78 is 0. The lowest BCUT2D eigenvalue weighted by molar-refractivity contribution is 1.26. The zero-order chi connectivity index (χ0) is 54.3. The first-order valence-corrected chi connectivity index (χ1v) is 27.5. The van der Waals surface area contributed by atoms with Crippen LogP contribution in [0.2, 0.25) is 0 Å². The summed E-state index contributed by atoms with van der Waals surface area (Å²) in [5.41, 5.74) is 18.7. The molecule has 0 saturated carbocycles. The van der Waals surface area contributed by atoms with Crippen LogP contribution < -0.4 is 20.4 Å². The highest BCUT2D eigenvalue weighted by atomic mass is 15.1. The topological polar surface area (TPSA) is 81.0 Å². The van der Waals surface area contributed by atoms with E-state index in [0.717, 1.165) is 135 Å². The molecular formula is C74H50N8. The Bertz CT molecular complexity index is 4210. The third-order valence-electron chi connectivity index (χ3n) is 15.4. The van der Waals surface area contributed by atoms with Crippen molar-refractivity contribution in [2.24, 2.45) is 9.98 Å². The molecule has 0 spiro atoms. The minimum Gasteiger partial charge on any atom is -0.339 e. The lowest BCUT2D eigenvalue weighted by atomic mass is 9.91. The van der Waals surface area contributed by atoms with Crippen molar-refractivity contribution < 1.29 is 0 Å². The van der Waals surface area contributed by atoms with Crippen molar-refractivity contribution in [3.8, 4) is 44.8 Å². The second kappa shape index (κ2) is 20.5. The van der Waals surface area contributed by atoms with Gasteiger partial charge in [-0.25, -0.2) is 20.0 Å². The second-order valence-electron chi connectivity index (χ2n) is 20.4. The van der Waals surface area contributed by atoms with E-state index in [2.05, 4.69) is 251 Å².